The minimum atomic E-state index is -4.60. The summed E-state index contributed by atoms with van der Waals surface area (Å²) in [7, 11) is 0. The number of hydrogen-bond donors (Lipinski definition) is 1. The molecule has 1 aromatic heterocycles. The lowest BCUT2D eigenvalue weighted by atomic mass is 9.87. The molecule has 7 heteroatoms. The number of fused-ring (bicyclic) bond motifs is 1. The van der Waals surface area contributed by atoms with Crippen LogP contribution in [0.3, 0.4) is 0 Å². The maximum Gasteiger partial charge on any atom is 0.451 e. The van der Waals surface area contributed by atoms with E-state index in [9.17, 15) is 18.3 Å². The monoisotopic (exact) mass is 387 g/mol. The maximum atomic E-state index is 13.2. The molecule has 3 aromatic rings. The van der Waals surface area contributed by atoms with Crippen molar-refractivity contribution < 1.29 is 18.3 Å². The Morgan fingerprint density at radius 2 is 1.57 bits per heavy atom. The van der Waals surface area contributed by atoms with E-state index in [0.717, 1.165) is 5.56 Å². The second kappa shape index (κ2) is 7.39. The van der Waals surface area contributed by atoms with Gasteiger partial charge in [-0.25, -0.2) is 9.97 Å². The number of aliphatic hydroxyl groups excluding tert-OH is 1. The number of aromatic nitrogens is 2. The third-order valence-corrected chi connectivity index (χ3v) is 5.26. The number of benzene rings is 2. The third-order valence-electron chi connectivity index (χ3n) is 5.26. The zero-order chi connectivity index (χ0) is 19.7. The molecule has 1 aliphatic rings. The Morgan fingerprint density at radius 1 is 0.929 bits per heavy atom. The number of piperidine rings is 1. The van der Waals surface area contributed by atoms with E-state index in [1.165, 1.54) is 0 Å². The van der Waals surface area contributed by atoms with E-state index in [4.69, 9.17) is 0 Å². The van der Waals surface area contributed by atoms with E-state index in [2.05, 4.69) is 9.97 Å². The van der Waals surface area contributed by atoms with Crippen LogP contribution in [0.4, 0.5) is 19.0 Å². The summed E-state index contributed by atoms with van der Waals surface area (Å²) in [5.74, 6) is -0.743. The third kappa shape index (κ3) is 3.67. The molecule has 28 heavy (non-hydrogen) atoms. The smallest absolute Gasteiger partial charge is 0.388 e. The first-order valence-corrected chi connectivity index (χ1v) is 9.25. The minimum Gasteiger partial charge on any atom is -0.388 e. The fraction of sp³-hybridized carbons (Fsp3) is 0.333. The standard InChI is InChI=1S/C21H20F3N3O/c22-21(23,24)20-25-17-9-5-4-8-16(17)19(26-20)27-12-10-15(11-13-27)18(28)14-6-2-1-3-7-14/h1-9,15,18,28H,10-13H2/t18-/m0/s1. The molecular weight excluding hydrogens is 367 g/mol. The number of anilines is 1. The number of hydrogen-bond acceptors (Lipinski definition) is 4. The first-order valence-electron chi connectivity index (χ1n) is 9.25. The quantitative estimate of drug-likeness (QED) is 0.714. The van der Waals surface area contributed by atoms with Crippen LogP contribution in [-0.2, 0) is 6.18 Å². The first-order chi connectivity index (χ1) is 13.4. The summed E-state index contributed by atoms with van der Waals surface area (Å²) >= 11 is 0. The normalized spacial score (nSPS) is 17.1. The molecular formula is C21H20F3N3O. The molecule has 0 bridgehead atoms. The largest absolute Gasteiger partial charge is 0.451 e. The molecule has 4 nitrogen and oxygen atoms in total. The molecule has 0 radical (unpaired) electrons. The molecule has 1 atom stereocenters. The zero-order valence-electron chi connectivity index (χ0n) is 15.1. The number of rotatable bonds is 3. The second-order valence-electron chi connectivity index (χ2n) is 7.07. The number of alkyl halides is 3. The number of nitrogens with zero attached hydrogens (tertiary/aromatic N) is 3. The molecule has 2 aromatic carbocycles. The van der Waals surface area contributed by atoms with E-state index in [0.29, 0.717) is 37.1 Å². The van der Waals surface area contributed by atoms with Crippen molar-refractivity contribution in [1.29, 1.82) is 0 Å². The van der Waals surface area contributed by atoms with Gasteiger partial charge in [-0.1, -0.05) is 42.5 Å². The van der Waals surface area contributed by atoms with Crippen LogP contribution >= 0.6 is 0 Å². The molecule has 1 saturated heterocycles. The Labute approximate surface area is 160 Å². The first kappa shape index (κ1) is 18.7. The highest BCUT2D eigenvalue weighted by Crippen LogP contribution is 2.35. The van der Waals surface area contributed by atoms with E-state index >= 15 is 0 Å². The Hall–Kier alpha value is -2.67. The van der Waals surface area contributed by atoms with Crippen LogP contribution in [0.15, 0.2) is 54.6 Å². The molecule has 2 heterocycles. The summed E-state index contributed by atoms with van der Waals surface area (Å²) < 4.78 is 39.7. The van der Waals surface area contributed by atoms with E-state index in [1.54, 1.807) is 24.3 Å². The summed E-state index contributed by atoms with van der Waals surface area (Å²) in [5.41, 5.74) is 1.15. The van der Waals surface area contributed by atoms with Gasteiger partial charge in [0.2, 0.25) is 5.82 Å². The summed E-state index contributed by atoms with van der Waals surface area (Å²) in [6.07, 6.45) is -3.82. The molecule has 4 rings (SSSR count). The Morgan fingerprint density at radius 3 is 2.25 bits per heavy atom. The van der Waals surface area contributed by atoms with E-state index in [-0.39, 0.29) is 11.4 Å². The Balaban J connectivity index is 1.58. The van der Waals surface area contributed by atoms with E-state index in [1.807, 2.05) is 35.2 Å². The molecule has 0 amide bonds. The fourth-order valence-corrected chi connectivity index (χ4v) is 3.78. The molecule has 0 aliphatic carbocycles. The number of aliphatic hydroxyl groups is 1. The van der Waals surface area contributed by atoms with Crippen molar-refractivity contribution in [1.82, 2.24) is 9.97 Å². The van der Waals surface area contributed by atoms with Crippen molar-refractivity contribution in [2.45, 2.75) is 25.1 Å². The molecule has 1 aliphatic heterocycles. The lowest BCUT2D eigenvalue weighted by molar-refractivity contribution is -0.144. The van der Waals surface area contributed by atoms with Crippen LogP contribution in [0, 0.1) is 5.92 Å². The molecule has 1 fully saturated rings. The topological polar surface area (TPSA) is 49.2 Å². The molecule has 0 spiro atoms. The predicted molar refractivity (Wildman–Crippen MR) is 101 cm³/mol. The molecule has 146 valence electrons. The summed E-state index contributed by atoms with van der Waals surface area (Å²) in [6, 6.07) is 16.2. The highest BCUT2D eigenvalue weighted by atomic mass is 19.4. The van der Waals surface area contributed by atoms with Crippen LogP contribution < -0.4 is 4.90 Å². The van der Waals surface area contributed by atoms with Crippen LogP contribution in [-0.4, -0.2) is 28.2 Å². The van der Waals surface area contributed by atoms with Crippen molar-refractivity contribution in [2.75, 3.05) is 18.0 Å². The van der Waals surface area contributed by atoms with Crippen LogP contribution in [0.1, 0.15) is 30.3 Å². The van der Waals surface area contributed by atoms with Crippen molar-refractivity contribution in [3.8, 4) is 0 Å². The van der Waals surface area contributed by atoms with Crippen LogP contribution in [0.2, 0.25) is 0 Å². The maximum absolute atomic E-state index is 13.2. The highest BCUT2D eigenvalue weighted by molar-refractivity contribution is 5.89. The second-order valence-corrected chi connectivity index (χ2v) is 7.07. The number of halogens is 3. The van der Waals surface area contributed by atoms with Gasteiger partial charge in [0.25, 0.3) is 0 Å². The average molecular weight is 387 g/mol. The molecule has 0 unspecified atom stereocenters. The fourth-order valence-electron chi connectivity index (χ4n) is 3.78. The van der Waals surface area contributed by atoms with Crippen molar-refractivity contribution in [2.24, 2.45) is 5.92 Å². The Bertz CT molecular complexity index is 954. The van der Waals surface area contributed by atoms with Gasteiger partial charge < -0.3 is 10.0 Å². The summed E-state index contributed by atoms with van der Waals surface area (Å²) in [6.45, 7) is 1.07. The molecule has 1 N–H and O–H groups in total. The zero-order valence-corrected chi connectivity index (χ0v) is 15.1. The Kier molecular flexibility index (Phi) is 4.93. The van der Waals surface area contributed by atoms with Crippen molar-refractivity contribution >= 4 is 16.7 Å². The SMILES string of the molecule is O[C@@H](c1ccccc1)C1CCN(c2nc(C(F)(F)F)nc3ccccc23)CC1. The lowest BCUT2D eigenvalue weighted by Gasteiger charge is -2.35. The van der Waals surface area contributed by atoms with Gasteiger partial charge in [-0.05, 0) is 36.5 Å². The number of para-hydroxylation sites is 1. The predicted octanol–water partition coefficient (Wildman–Crippen LogP) is 4.60. The van der Waals surface area contributed by atoms with Crippen molar-refractivity contribution in [3.05, 3.63) is 66.0 Å². The van der Waals surface area contributed by atoms with Gasteiger partial charge in [0.1, 0.15) is 5.82 Å². The summed E-state index contributed by atoms with van der Waals surface area (Å²) in [5, 5.41) is 11.2. The van der Waals surface area contributed by atoms with Gasteiger partial charge in [-0.15, -0.1) is 0 Å². The average Bonchev–Trinajstić information content (AvgIpc) is 2.72. The van der Waals surface area contributed by atoms with Gasteiger partial charge in [-0.3, -0.25) is 0 Å². The van der Waals surface area contributed by atoms with Crippen molar-refractivity contribution in [3.63, 3.8) is 0 Å². The minimum absolute atomic E-state index is 0.0637. The molecule has 0 saturated carbocycles. The van der Waals surface area contributed by atoms with Crippen LogP contribution in [0.25, 0.3) is 10.9 Å². The van der Waals surface area contributed by atoms with Gasteiger partial charge in [0.05, 0.1) is 11.6 Å². The van der Waals surface area contributed by atoms with E-state index < -0.39 is 18.1 Å². The van der Waals surface area contributed by atoms with Gasteiger partial charge in [0.15, 0.2) is 0 Å². The summed E-state index contributed by atoms with van der Waals surface area (Å²) in [4.78, 5) is 9.40. The van der Waals surface area contributed by atoms with Crippen LogP contribution in [0.5, 0.6) is 0 Å². The van der Waals surface area contributed by atoms with Gasteiger partial charge in [0, 0.05) is 18.5 Å². The lowest BCUT2D eigenvalue weighted by Crippen LogP contribution is -2.36. The van der Waals surface area contributed by atoms with Gasteiger partial charge >= 0.3 is 6.18 Å². The highest BCUT2D eigenvalue weighted by Gasteiger charge is 2.36. The van der Waals surface area contributed by atoms with Gasteiger partial charge in [-0.2, -0.15) is 13.2 Å².